The second-order valence-electron chi connectivity index (χ2n) is 16.9. The van der Waals surface area contributed by atoms with Gasteiger partial charge in [-0.05, 0) is 86.4 Å². The van der Waals surface area contributed by atoms with Crippen molar-refractivity contribution in [1.29, 1.82) is 0 Å². The van der Waals surface area contributed by atoms with Crippen molar-refractivity contribution in [3.05, 3.63) is 65.9 Å². The highest BCUT2D eigenvalue weighted by Gasteiger charge is 2.44. The number of fused-ring (bicyclic) bond motifs is 6. The van der Waals surface area contributed by atoms with Crippen molar-refractivity contribution in [2.45, 2.75) is 89.1 Å². The number of hydrogen-bond donors (Lipinski definition) is 4. The normalized spacial score (nSPS) is 21.1. The maximum atomic E-state index is 14.1. The van der Waals surface area contributed by atoms with Crippen LogP contribution < -0.4 is 15.4 Å². The summed E-state index contributed by atoms with van der Waals surface area (Å²) in [5.41, 5.74) is 6.34. The van der Waals surface area contributed by atoms with Gasteiger partial charge in [0.2, 0.25) is 11.8 Å². The fourth-order valence-electron chi connectivity index (χ4n) is 9.44. The summed E-state index contributed by atoms with van der Waals surface area (Å²) in [5.74, 6) is 1.53. The van der Waals surface area contributed by atoms with E-state index in [9.17, 15) is 19.2 Å². The first kappa shape index (κ1) is 44.4. The van der Waals surface area contributed by atoms with Crippen LogP contribution in [0, 0.1) is 5.92 Å². The Hall–Kier alpha value is -6.24. The molecule has 5 aromatic rings. The van der Waals surface area contributed by atoms with Crippen LogP contribution in [0.15, 0.2) is 48.7 Å². The number of carbonyl (C=O) groups is 4. The van der Waals surface area contributed by atoms with Gasteiger partial charge in [-0.2, -0.15) is 0 Å². The lowest BCUT2D eigenvalue weighted by molar-refractivity contribution is -0.139. The summed E-state index contributed by atoms with van der Waals surface area (Å²) in [6.45, 7) is 6.69. The molecule has 3 aliphatic rings. The van der Waals surface area contributed by atoms with Crippen LogP contribution in [0.1, 0.15) is 69.3 Å². The van der Waals surface area contributed by atoms with Gasteiger partial charge >= 0.3 is 12.2 Å². The Morgan fingerprint density at radius 2 is 1.56 bits per heavy atom. The molecule has 4 N–H and O–H groups in total. The predicted octanol–water partition coefficient (Wildman–Crippen LogP) is 5.77. The molecule has 4 amide bonds. The van der Waals surface area contributed by atoms with E-state index in [1.165, 1.54) is 28.4 Å². The lowest BCUT2D eigenvalue weighted by atomic mass is 9.92. The summed E-state index contributed by atoms with van der Waals surface area (Å²) in [7, 11) is 7.14. The molecule has 18 nitrogen and oxygen atoms in total. The van der Waals surface area contributed by atoms with Crippen molar-refractivity contribution in [2.75, 3.05) is 48.7 Å². The molecule has 3 aliphatic heterocycles. The van der Waals surface area contributed by atoms with Crippen LogP contribution in [0.25, 0.3) is 44.2 Å². The van der Waals surface area contributed by atoms with Crippen LogP contribution in [0.5, 0.6) is 5.75 Å². The molecule has 3 aromatic carbocycles. The number of aromatic nitrogens is 4. The summed E-state index contributed by atoms with van der Waals surface area (Å²) in [5, 5.41) is 7.22. The highest BCUT2D eigenvalue weighted by molar-refractivity contribution is 6.07. The fraction of sp³-hybridized carbons (Fsp3) is 0.478. The number of benzene rings is 3. The molecule has 8 atom stereocenters. The fourth-order valence-corrected chi connectivity index (χ4v) is 9.44. The van der Waals surface area contributed by atoms with Crippen molar-refractivity contribution in [2.24, 2.45) is 5.92 Å². The predicted molar refractivity (Wildman–Crippen MR) is 235 cm³/mol. The molecule has 0 unspecified atom stereocenters. The number of aromatic amines is 2. The zero-order chi connectivity index (χ0) is 45.4. The van der Waals surface area contributed by atoms with Gasteiger partial charge in [-0.25, -0.2) is 19.6 Å². The lowest BCUT2D eigenvalue weighted by Gasteiger charge is -2.33. The molecule has 0 radical (unpaired) electrons. The average Bonchev–Trinajstić information content (AvgIpc) is 4.14. The molecule has 18 heteroatoms. The SMILES string of the molecule is COC[C@H]1C[C@@H](c2nc3ccc4cc5c(cc4c3[nH]2)OCc2cc(-c3cnc([C@@H]4CC[C@H](C)N4C(=O)[C@@H](NC(=O)OC)[C@@H](C)OC)[nH]3)ccc2-5)N(C(=O)[C@@H](NC(=O)OC)[C@@H](C)OC)C1. The van der Waals surface area contributed by atoms with Crippen molar-refractivity contribution in [3.8, 4) is 28.1 Å². The zero-order valence-corrected chi connectivity index (χ0v) is 37.4. The quantitative estimate of drug-likeness (QED) is 0.111. The molecule has 2 aromatic heterocycles. The van der Waals surface area contributed by atoms with Gasteiger partial charge in [0.15, 0.2) is 0 Å². The minimum Gasteiger partial charge on any atom is -0.488 e. The molecule has 0 aliphatic carbocycles. The van der Waals surface area contributed by atoms with Crippen molar-refractivity contribution < 1.29 is 47.6 Å². The number of alkyl carbamates (subject to hydrolysis) is 2. The Morgan fingerprint density at radius 3 is 2.25 bits per heavy atom. The summed E-state index contributed by atoms with van der Waals surface area (Å²) < 4.78 is 32.5. The van der Waals surface area contributed by atoms with Gasteiger partial charge in [0.05, 0.1) is 68.0 Å². The second-order valence-corrected chi connectivity index (χ2v) is 16.9. The molecule has 2 saturated heterocycles. The van der Waals surface area contributed by atoms with Gasteiger partial charge < -0.3 is 58.8 Å². The number of nitrogens with one attached hydrogen (secondary N) is 4. The topological polar surface area (TPSA) is 212 Å². The van der Waals surface area contributed by atoms with Crippen LogP contribution in [0.4, 0.5) is 9.59 Å². The Kier molecular flexibility index (Phi) is 12.8. The molecule has 0 saturated carbocycles. The minimum atomic E-state index is -0.974. The number of methoxy groups -OCH3 is 5. The third-order valence-electron chi connectivity index (χ3n) is 13.0. The van der Waals surface area contributed by atoms with Crippen LogP contribution >= 0.6 is 0 Å². The third-order valence-corrected chi connectivity index (χ3v) is 13.0. The number of H-pyrrole nitrogens is 2. The molecule has 8 rings (SSSR count). The Bertz CT molecular complexity index is 2560. The highest BCUT2D eigenvalue weighted by atomic mass is 16.5. The van der Waals surface area contributed by atoms with Crippen molar-refractivity contribution >= 4 is 45.8 Å². The standard InChI is InChI=1S/C46H56N8O10/c1-23-9-14-35(54(23)44(56)39(25(3)61-6)52-46(58)63-8)41-47-19-34(49-41)28-10-12-30-29(16-28)22-64-37-18-31-27(17-32(30)37)11-13-33-40(31)50-42(48-33)36-15-26(21-59-4)20-53(36)43(55)38(24(2)60-5)51-45(57)62-7/h10-13,16-19,23-26,35-36,38-39H,9,14-15,20-22H2,1-8H3,(H,47,49)(H,48,50)(H,51,57)(H,52,58)/t23-,24+,25+,26-,35-,36-,38-,39-/m0/s1. The van der Waals surface area contributed by atoms with E-state index in [1.807, 2.05) is 25.1 Å². The number of amides is 4. The molecule has 64 heavy (non-hydrogen) atoms. The van der Waals surface area contributed by atoms with E-state index < -0.39 is 42.5 Å². The lowest BCUT2D eigenvalue weighted by Crippen LogP contribution is -2.55. The largest absolute Gasteiger partial charge is 0.488 e. The maximum Gasteiger partial charge on any atom is 0.407 e. The molecule has 0 spiro atoms. The van der Waals surface area contributed by atoms with Gasteiger partial charge in [0.1, 0.15) is 36.1 Å². The number of rotatable bonds is 13. The van der Waals surface area contributed by atoms with Crippen molar-refractivity contribution in [1.82, 2.24) is 40.4 Å². The molecule has 340 valence electrons. The van der Waals surface area contributed by atoms with E-state index in [0.717, 1.165) is 61.9 Å². The maximum absolute atomic E-state index is 14.1. The van der Waals surface area contributed by atoms with Gasteiger partial charge in [0.25, 0.3) is 0 Å². The number of hydrogen-bond acceptors (Lipinski definition) is 12. The molecular weight excluding hydrogens is 825 g/mol. The average molecular weight is 881 g/mol. The highest BCUT2D eigenvalue weighted by Crippen LogP contribution is 2.44. The number of likely N-dealkylation sites (tertiary alicyclic amines) is 2. The van der Waals surface area contributed by atoms with Gasteiger partial charge in [-0.15, -0.1) is 0 Å². The van der Waals surface area contributed by atoms with E-state index in [4.69, 9.17) is 38.4 Å². The first-order chi connectivity index (χ1) is 30.9. The number of nitrogens with zero attached hydrogens (tertiary/aromatic N) is 4. The zero-order valence-electron chi connectivity index (χ0n) is 37.4. The van der Waals surface area contributed by atoms with Crippen LogP contribution in [-0.2, 0) is 39.9 Å². The van der Waals surface area contributed by atoms with Crippen LogP contribution in [0.3, 0.4) is 0 Å². The van der Waals surface area contributed by atoms with E-state index in [-0.39, 0.29) is 29.8 Å². The molecule has 0 bridgehead atoms. The Balaban J connectivity index is 1.05. The van der Waals surface area contributed by atoms with Crippen molar-refractivity contribution in [3.63, 3.8) is 0 Å². The minimum absolute atomic E-state index is 0.0514. The van der Waals surface area contributed by atoms with Gasteiger partial charge in [-0.1, -0.05) is 18.2 Å². The third kappa shape index (κ3) is 8.32. The number of imidazole rings is 2. The van der Waals surface area contributed by atoms with E-state index in [2.05, 4.69) is 44.9 Å². The van der Waals surface area contributed by atoms with E-state index in [0.29, 0.717) is 44.2 Å². The number of carbonyl (C=O) groups excluding carboxylic acids is 4. The first-order valence-corrected chi connectivity index (χ1v) is 21.5. The Morgan fingerprint density at radius 1 is 0.844 bits per heavy atom. The summed E-state index contributed by atoms with van der Waals surface area (Å²) in [6, 6.07) is 11.7. The van der Waals surface area contributed by atoms with E-state index in [1.54, 1.807) is 37.0 Å². The monoisotopic (exact) mass is 880 g/mol. The van der Waals surface area contributed by atoms with Gasteiger partial charge in [-0.3, -0.25) is 9.59 Å². The van der Waals surface area contributed by atoms with E-state index >= 15 is 0 Å². The number of ether oxygens (including phenoxy) is 6. The molecule has 2 fully saturated rings. The summed E-state index contributed by atoms with van der Waals surface area (Å²) in [6.07, 6.45) is 1.26. The van der Waals surface area contributed by atoms with Crippen LogP contribution in [-0.4, -0.2) is 133 Å². The van der Waals surface area contributed by atoms with Crippen LogP contribution in [0.2, 0.25) is 0 Å². The smallest absolute Gasteiger partial charge is 0.407 e. The second kappa shape index (κ2) is 18.5. The Labute approximate surface area is 370 Å². The summed E-state index contributed by atoms with van der Waals surface area (Å²) in [4.78, 5) is 72.9. The summed E-state index contributed by atoms with van der Waals surface area (Å²) >= 11 is 0. The first-order valence-electron chi connectivity index (χ1n) is 21.5. The van der Waals surface area contributed by atoms with Gasteiger partial charge in [0, 0.05) is 50.8 Å². The molecule has 5 heterocycles. The molecular formula is C46H56N8O10.